The van der Waals surface area contributed by atoms with Crippen LogP contribution in [0.1, 0.15) is 11.3 Å². The average molecular weight is 202 g/mol. The molecule has 1 heterocycles. The van der Waals surface area contributed by atoms with Gasteiger partial charge in [-0.3, -0.25) is 0 Å². The van der Waals surface area contributed by atoms with Crippen LogP contribution >= 0.6 is 0 Å². The van der Waals surface area contributed by atoms with Gasteiger partial charge in [-0.05, 0) is 19.1 Å². The molecular weight excluding hydrogens is 188 g/mol. The van der Waals surface area contributed by atoms with E-state index < -0.39 is 0 Å². The minimum Gasteiger partial charge on any atom is -0.493 e. The molecule has 0 aliphatic heterocycles. The van der Waals surface area contributed by atoms with E-state index in [4.69, 9.17) is 4.74 Å². The van der Waals surface area contributed by atoms with Crippen LogP contribution in [0.2, 0.25) is 0 Å². The van der Waals surface area contributed by atoms with Crippen molar-refractivity contribution in [2.24, 2.45) is 0 Å². The number of aryl methyl sites for hydroxylation is 1. The molecule has 0 aliphatic rings. The lowest BCUT2D eigenvalue weighted by Gasteiger charge is -2.04. The van der Waals surface area contributed by atoms with E-state index in [-0.39, 0.29) is 0 Å². The fraction of sp³-hybridized carbons (Fsp3) is 0.250. The fourth-order valence-corrected chi connectivity index (χ4v) is 1.34. The van der Waals surface area contributed by atoms with Crippen LogP contribution in [0.4, 0.5) is 0 Å². The summed E-state index contributed by atoms with van der Waals surface area (Å²) in [5.74, 6) is 0.913. The second kappa shape index (κ2) is 4.64. The van der Waals surface area contributed by atoms with E-state index in [1.807, 2.05) is 30.5 Å². The van der Waals surface area contributed by atoms with E-state index >= 15 is 0 Å². The molecule has 0 fully saturated rings. The molecule has 0 saturated carbocycles. The first-order chi connectivity index (χ1) is 7.34. The van der Waals surface area contributed by atoms with Crippen molar-refractivity contribution in [3.63, 3.8) is 0 Å². The van der Waals surface area contributed by atoms with Crippen molar-refractivity contribution in [3.8, 4) is 5.75 Å². The Hall–Kier alpha value is -1.77. The highest BCUT2D eigenvalue weighted by Crippen LogP contribution is 2.11. The first-order valence-corrected chi connectivity index (χ1v) is 5.02. The largest absolute Gasteiger partial charge is 0.493 e. The summed E-state index contributed by atoms with van der Waals surface area (Å²) in [6.07, 6.45) is 4.40. The number of H-pyrrole nitrogens is 1. The molecular formula is C12H14N2O. The number of imidazole rings is 1. The van der Waals surface area contributed by atoms with E-state index in [1.54, 1.807) is 6.33 Å². The smallest absolute Gasteiger partial charge is 0.119 e. The van der Waals surface area contributed by atoms with E-state index in [0.29, 0.717) is 6.61 Å². The summed E-state index contributed by atoms with van der Waals surface area (Å²) < 4.78 is 5.58. The minimum atomic E-state index is 0.661. The number of nitrogens with one attached hydrogen (secondary N) is 1. The Labute approximate surface area is 89.1 Å². The van der Waals surface area contributed by atoms with Crippen molar-refractivity contribution >= 4 is 0 Å². The summed E-state index contributed by atoms with van der Waals surface area (Å²) in [6, 6.07) is 8.06. The van der Waals surface area contributed by atoms with Gasteiger partial charge in [-0.2, -0.15) is 0 Å². The summed E-state index contributed by atoms with van der Waals surface area (Å²) in [6.45, 7) is 2.72. The van der Waals surface area contributed by atoms with Gasteiger partial charge in [0.1, 0.15) is 5.75 Å². The van der Waals surface area contributed by atoms with Crippen molar-refractivity contribution in [2.45, 2.75) is 13.3 Å². The Morgan fingerprint density at radius 2 is 2.07 bits per heavy atom. The van der Waals surface area contributed by atoms with Crippen LogP contribution in [-0.2, 0) is 6.42 Å². The second-order valence-corrected chi connectivity index (χ2v) is 3.47. The van der Waals surface area contributed by atoms with Gasteiger partial charge in [-0.25, -0.2) is 4.98 Å². The highest BCUT2D eigenvalue weighted by atomic mass is 16.5. The summed E-state index contributed by atoms with van der Waals surface area (Å²) in [5.41, 5.74) is 2.27. The third kappa shape index (κ3) is 2.84. The molecule has 1 N–H and O–H groups in total. The molecule has 0 amide bonds. The van der Waals surface area contributed by atoms with Crippen LogP contribution < -0.4 is 4.74 Å². The van der Waals surface area contributed by atoms with E-state index in [2.05, 4.69) is 16.9 Å². The number of ether oxygens (including phenoxy) is 1. The van der Waals surface area contributed by atoms with Crippen molar-refractivity contribution in [1.29, 1.82) is 0 Å². The second-order valence-electron chi connectivity index (χ2n) is 3.47. The Bertz CT molecular complexity index is 392. The molecule has 3 heteroatoms. The minimum absolute atomic E-state index is 0.661. The molecule has 3 nitrogen and oxygen atoms in total. The monoisotopic (exact) mass is 202 g/mol. The zero-order valence-electron chi connectivity index (χ0n) is 8.73. The number of benzene rings is 1. The lowest BCUT2D eigenvalue weighted by molar-refractivity contribution is 0.320. The van der Waals surface area contributed by atoms with Gasteiger partial charge in [0.25, 0.3) is 0 Å². The summed E-state index contributed by atoms with van der Waals surface area (Å²) >= 11 is 0. The first kappa shape index (κ1) is 9.77. The fourth-order valence-electron chi connectivity index (χ4n) is 1.34. The molecule has 0 bridgehead atoms. The molecule has 0 atom stereocenters. The van der Waals surface area contributed by atoms with Crippen LogP contribution in [0.25, 0.3) is 0 Å². The molecule has 0 spiro atoms. The number of aromatic nitrogens is 2. The quantitative estimate of drug-likeness (QED) is 0.826. The van der Waals surface area contributed by atoms with Gasteiger partial charge in [-0.15, -0.1) is 0 Å². The third-order valence-corrected chi connectivity index (χ3v) is 2.20. The molecule has 1 aromatic heterocycles. The molecule has 0 aliphatic carbocycles. The van der Waals surface area contributed by atoms with Crippen LogP contribution in [0.5, 0.6) is 5.75 Å². The molecule has 15 heavy (non-hydrogen) atoms. The molecule has 2 aromatic rings. The molecule has 1 aromatic carbocycles. The summed E-state index contributed by atoms with van der Waals surface area (Å²) in [4.78, 5) is 7.05. The molecule has 78 valence electrons. The average Bonchev–Trinajstić information content (AvgIpc) is 2.74. The SMILES string of the molecule is Cc1ccc(OCCc2c[nH]cn2)cc1. The van der Waals surface area contributed by atoms with Crippen LogP contribution in [0, 0.1) is 6.92 Å². The first-order valence-electron chi connectivity index (χ1n) is 5.02. The topological polar surface area (TPSA) is 37.9 Å². The summed E-state index contributed by atoms with van der Waals surface area (Å²) in [5, 5.41) is 0. The van der Waals surface area contributed by atoms with Gasteiger partial charge in [0, 0.05) is 12.6 Å². The zero-order valence-corrected chi connectivity index (χ0v) is 8.73. The van der Waals surface area contributed by atoms with Gasteiger partial charge in [0.2, 0.25) is 0 Å². The van der Waals surface area contributed by atoms with E-state index in [1.165, 1.54) is 5.56 Å². The lowest BCUT2D eigenvalue weighted by atomic mass is 10.2. The highest BCUT2D eigenvalue weighted by molar-refractivity contribution is 5.26. The predicted molar refractivity (Wildman–Crippen MR) is 59.0 cm³/mol. The van der Waals surface area contributed by atoms with Crippen LogP contribution in [-0.4, -0.2) is 16.6 Å². The molecule has 2 rings (SSSR count). The van der Waals surface area contributed by atoms with Crippen molar-refractivity contribution in [1.82, 2.24) is 9.97 Å². The molecule has 0 radical (unpaired) electrons. The van der Waals surface area contributed by atoms with Crippen molar-refractivity contribution < 1.29 is 4.74 Å². The van der Waals surface area contributed by atoms with Gasteiger partial charge in [0.05, 0.1) is 18.6 Å². The Morgan fingerprint density at radius 3 is 2.73 bits per heavy atom. The number of rotatable bonds is 4. The van der Waals surface area contributed by atoms with Crippen LogP contribution in [0.3, 0.4) is 0 Å². The Balaban J connectivity index is 1.81. The van der Waals surface area contributed by atoms with Gasteiger partial charge >= 0.3 is 0 Å². The Kier molecular flexibility index (Phi) is 3.02. The summed E-state index contributed by atoms with van der Waals surface area (Å²) in [7, 11) is 0. The van der Waals surface area contributed by atoms with Gasteiger partial charge in [0.15, 0.2) is 0 Å². The normalized spacial score (nSPS) is 10.2. The lowest BCUT2D eigenvalue weighted by Crippen LogP contribution is -2.01. The third-order valence-electron chi connectivity index (χ3n) is 2.20. The maximum Gasteiger partial charge on any atom is 0.119 e. The highest BCUT2D eigenvalue weighted by Gasteiger charge is 1.96. The van der Waals surface area contributed by atoms with Crippen molar-refractivity contribution in [3.05, 3.63) is 48.0 Å². The number of hydrogen-bond donors (Lipinski definition) is 1. The standard InChI is InChI=1S/C12H14N2O/c1-10-2-4-12(5-3-10)15-7-6-11-8-13-9-14-11/h2-5,8-9H,6-7H2,1H3,(H,13,14). The van der Waals surface area contributed by atoms with Crippen molar-refractivity contribution in [2.75, 3.05) is 6.61 Å². The van der Waals surface area contributed by atoms with E-state index in [0.717, 1.165) is 17.9 Å². The number of hydrogen-bond acceptors (Lipinski definition) is 2. The van der Waals surface area contributed by atoms with Gasteiger partial charge in [-0.1, -0.05) is 17.7 Å². The predicted octanol–water partition coefficient (Wildman–Crippen LogP) is 2.34. The zero-order chi connectivity index (χ0) is 10.5. The van der Waals surface area contributed by atoms with Crippen LogP contribution in [0.15, 0.2) is 36.8 Å². The molecule has 0 unspecified atom stereocenters. The molecule has 0 saturated heterocycles. The Morgan fingerprint density at radius 1 is 1.27 bits per heavy atom. The number of aromatic amines is 1. The maximum atomic E-state index is 5.58. The van der Waals surface area contributed by atoms with Gasteiger partial charge < -0.3 is 9.72 Å². The number of nitrogens with zero attached hydrogens (tertiary/aromatic N) is 1. The maximum absolute atomic E-state index is 5.58. The van der Waals surface area contributed by atoms with E-state index in [9.17, 15) is 0 Å².